The van der Waals surface area contributed by atoms with Gasteiger partial charge in [0, 0.05) is 0 Å². The molecule has 0 aliphatic carbocycles. The van der Waals surface area contributed by atoms with Gasteiger partial charge in [-0.3, -0.25) is 0 Å². The summed E-state index contributed by atoms with van der Waals surface area (Å²) < 4.78 is 29.0. The summed E-state index contributed by atoms with van der Waals surface area (Å²) in [6, 6.07) is 0. The molecule has 4 nitrogen and oxygen atoms in total. The van der Waals surface area contributed by atoms with E-state index in [0.717, 1.165) is 0 Å². The molecule has 0 aromatic rings. The van der Waals surface area contributed by atoms with E-state index in [-0.39, 0.29) is 6.10 Å². The number of rotatable bonds is 3. The summed E-state index contributed by atoms with van der Waals surface area (Å²) in [5.74, 6) is 0. The van der Waals surface area contributed by atoms with Gasteiger partial charge in [-0.05, 0) is 13.8 Å². The van der Waals surface area contributed by atoms with Gasteiger partial charge < -0.3 is 0 Å². The van der Waals surface area contributed by atoms with E-state index >= 15 is 0 Å². The Balaban J connectivity index is 3.90. The maximum Gasteiger partial charge on any atom is 0.409 e. The fourth-order valence-corrected chi connectivity index (χ4v) is 1.01. The molecule has 0 aromatic carbocycles. The van der Waals surface area contributed by atoms with Crippen LogP contribution in [0.2, 0.25) is 0 Å². The fraction of sp³-hybridized carbons (Fsp3) is 1.00. The van der Waals surface area contributed by atoms with E-state index in [9.17, 15) is 8.42 Å². The predicted octanol–water partition coefficient (Wildman–Crippen LogP) is 1.02. The van der Waals surface area contributed by atoms with Crippen LogP contribution in [0, 0.1) is 0 Å². The molecule has 9 heavy (non-hydrogen) atoms. The van der Waals surface area contributed by atoms with Gasteiger partial charge in [-0.2, -0.15) is 10.9 Å². The second-order valence-electron chi connectivity index (χ2n) is 1.62. The van der Waals surface area contributed by atoms with E-state index in [2.05, 4.69) is 6.70 Å². The normalized spacial score (nSPS) is 12.4. The van der Waals surface area contributed by atoms with Crippen molar-refractivity contribution < 1.29 is 15.1 Å². The van der Waals surface area contributed by atoms with Crippen molar-refractivity contribution in [3.63, 3.8) is 0 Å². The zero-order chi connectivity index (χ0) is 7.49. The summed E-state index contributed by atoms with van der Waals surface area (Å²) in [7, 11) is -3.73. The summed E-state index contributed by atoms with van der Waals surface area (Å²) >= 11 is 1.25. The van der Waals surface area contributed by atoms with Crippen LogP contribution < -0.4 is 0 Å². The van der Waals surface area contributed by atoms with Crippen LogP contribution in [0.15, 0.2) is 0 Å². The summed E-state index contributed by atoms with van der Waals surface area (Å²) in [6.07, 6.45) is -0.371. The zero-order valence-corrected chi connectivity index (χ0v) is 7.97. The first-order chi connectivity index (χ1) is 3.98. The average molecular weight is 266 g/mol. The Morgan fingerprint density at radius 1 is 1.44 bits per heavy atom. The fourth-order valence-electron chi connectivity index (χ4n) is 0.251. The monoisotopic (exact) mass is 266 g/mol. The van der Waals surface area contributed by atoms with Crippen molar-refractivity contribution in [2.24, 2.45) is 0 Å². The minimum Gasteiger partial charge on any atom is -0.245 e. The van der Waals surface area contributed by atoms with Gasteiger partial charge in [0.15, 0.2) is 0 Å². The van der Waals surface area contributed by atoms with Crippen molar-refractivity contribution in [3.8, 4) is 0 Å². The van der Waals surface area contributed by atoms with Gasteiger partial charge in [0.25, 0.3) is 0 Å². The van der Waals surface area contributed by atoms with Crippen molar-refractivity contribution >= 4 is 33.4 Å². The third kappa shape index (κ3) is 5.07. The van der Waals surface area contributed by atoms with E-state index < -0.39 is 10.4 Å². The highest BCUT2D eigenvalue weighted by Gasteiger charge is 2.11. The maximum absolute atomic E-state index is 10.4. The van der Waals surface area contributed by atoms with Crippen molar-refractivity contribution in [2.45, 2.75) is 20.0 Å². The second-order valence-corrected chi connectivity index (χ2v) is 3.83. The van der Waals surface area contributed by atoms with E-state index in [1.54, 1.807) is 13.8 Å². The lowest BCUT2D eigenvalue weighted by Gasteiger charge is -2.02. The summed E-state index contributed by atoms with van der Waals surface area (Å²) in [6.45, 7) is 3.21. The molecule has 0 saturated heterocycles. The SMILES string of the molecule is CC(C)OS(=O)(=O)OI. The molecule has 0 N–H and O–H groups in total. The molecule has 0 radical (unpaired) electrons. The molecule has 0 aliphatic rings. The Labute approximate surface area is 68.6 Å². The van der Waals surface area contributed by atoms with Crippen LogP contribution in [-0.4, -0.2) is 14.5 Å². The molecular weight excluding hydrogens is 259 g/mol. The molecule has 0 bridgehead atoms. The summed E-state index contributed by atoms with van der Waals surface area (Å²) in [5.41, 5.74) is 0. The smallest absolute Gasteiger partial charge is 0.245 e. The molecule has 0 spiro atoms. The van der Waals surface area contributed by atoms with Gasteiger partial charge in [-0.25, -0.2) is 4.18 Å². The molecule has 0 aromatic heterocycles. The van der Waals surface area contributed by atoms with Gasteiger partial charge in [0.05, 0.1) is 6.10 Å². The topological polar surface area (TPSA) is 52.6 Å². The predicted molar refractivity (Wildman–Crippen MR) is 40.2 cm³/mol. The van der Waals surface area contributed by atoms with Crippen molar-refractivity contribution in [1.29, 1.82) is 0 Å². The van der Waals surface area contributed by atoms with Gasteiger partial charge in [0.1, 0.15) is 23.0 Å². The highest BCUT2D eigenvalue weighted by molar-refractivity contribution is 14.1. The van der Waals surface area contributed by atoms with E-state index in [1.165, 1.54) is 23.0 Å². The first-order valence-electron chi connectivity index (χ1n) is 2.21. The third-order valence-corrected chi connectivity index (χ3v) is 2.48. The van der Waals surface area contributed by atoms with Crippen LogP contribution in [0.3, 0.4) is 0 Å². The molecule has 0 aliphatic heterocycles. The molecular formula is C3H7IO4S. The first-order valence-corrected chi connectivity index (χ1v) is 4.43. The number of halogens is 1. The summed E-state index contributed by atoms with van der Waals surface area (Å²) in [4.78, 5) is 0. The molecule has 0 unspecified atom stereocenters. The van der Waals surface area contributed by atoms with E-state index in [4.69, 9.17) is 0 Å². The molecule has 0 amide bonds. The Hall–Kier alpha value is 0.600. The van der Waals surface area contributed by atoms with Crippen LogP contribution in [-0.2, 0) is 17.1 Å². The van der Waals surface area contributed by atoms with Crippen LogP contribution in [0.5, 0.6) is 0 Å². The van der Waals surface area contributed by atoms with Crippen molar-refractivity contribution in [3.05, 3.63) is 0 Å². The van der Waals surface area contributed by atoms with Crippen LogP contribution in [0.4, 0.5) is 0 Å². The quantitative estimate of drug-likeness (QED) is 0.716. The lowest BCUT2D eigenvalue weighted by atomic mass is 10.5. The summed E-state index contributed by atoms with van der Waals surface area (Å²) in [5, 5.41) is 0. The largest absolute Gasteiger partial charge is 0.409 e. The minimum atomic E-state index is -3.73. The average Bonchev–Trinajstić information content (AvgIpc) is 1.63. The van der Waals surface area contributed by atoms with Crippen molar-refractivity contribution in [1.82, 2.24) is 0 Å². The van der Waals surface area contributed by atoms with Crippen LogP contribution in [0.25, 0.3) is 0 Å². The van der Waals surface area contributed by atoms with Gasteiger partial charge in [-0.1, -0.05) is 0 Å². The number of hydrogen-bond donors (Lipinski definition) is 0. The highest BCUT2D eigenvalue weighted by atomic mass is 127. The molecule has 0 heterocycles. The molecule has 6 heteroatoms. The standard InChI is InChI=1S/C3H7IO4S/c1-3(2)7-9(5,6)8-4/h3H,1-2H3. The minimum absolute atomic E-state index is 0.371. The number of hydrogen-bond acceptors (Lipinski definition) is 4. The highest BCUT2D eigenvalue weighted by Crippen LogP contribution is 2.04. The molecule has 56 valence electrons. The van der Waals surface area contributed by atoms with Crippen molar-refractivity contribution in [2.75, 3.05) is 0 Å². The Morgan fingerprint density at radius 2 is 1.89 bits per heavy atom. The zero-order valence-electron chi connectivity index (χ0n) is 5.00. The van der Waals surface area contributed by atoms with Gasteiger partial charge >= 0.3 is 10.4 Å². The lowest BCUT2D eigenvalue weighted by molar-refractivity contribution is 0.227. The van der Waals surface area contributed by atoms with Gasteiger partial charge in [-0.15, -0.1) is 0 Å². The van der Waals surface area contributed by atoms with E-state index in [0.29, 0.717) is 0 Å². The Bertz CT molecular complexity index is 161. The maximum atomic E-state index is 10.4. The van der Waals surface area contributed by atoms with E-state index in [1.807, 2.05) is 0 Å². The van der Waals surface area contributed by atoms with Crippen LogP contribution >= 0.6 is 23.0 Å². The van der Waals surface area contributed by atoms with Crippen LogP contribution in [0.1, 0.15) is 13.8 Å². The lowest BCUT2D eigenvalue weighted by Crippen LogP contribution is -2.10. The molecule has 0 saturated carbocycles. The third-order valence-electron chi connectivity index (χ3n) is 0.387. The van der Waals surface area contributed by atoms with Gasteiger partial charge in [0.2, 0.25) is 0 Å². The Morgan fingerprint density at radius 3 is 2.00 bits per heavy atom. The second kappa shape index (κ2) is 3.69. The first kappa shape index (κ1) is 9.60. The molecule has 0 atom stereocenters. The Kier molecular flexibility index (Phi) is 3.94. The molecule has 0 rings (SSSR count). The molecule has 0 fully saturated rings.